The fourth-order valence-electron chi connectivity index (χ4n) is 2.64. The molecule has 1 aromatic carbocycles. The highest BCUT2D eigenvalue weighted by atomic mass is 19.1. The highest BCUT2D eigenvalue weighted by Gasteiger charge is 2.23. The van der Waals surface area contributed by atoms with Gasteiger partial charge in [0.1, 0.15) is 5.82 Å². The van der Waals surface area contributed by atoms with Gasteiger partial charge in [0.05, 0.1) is 12.2 Å². The summed E-state index contributed by atoms with van der Waals surface area (Å²) in [5.74, 6) is -0.175. The number of anilines is 1. The molecule has 1 heterocycles. The molecule has 106 valence electrons. The van der Waals surface area contributed by atoms with E-state index in [0.717, 1.165) is 30.9 Å². The van der Waals surface area contributed by atoms with Gasteiger partial charge < -0.3 is 15.0 Å². The molecule has 0 amide bonds. The summed E-state index contributed by atoms with van der Waals surface area (Å²) in [5, 5.41) is 3.27. The second kappa shape index (κ2) is 6.35. The minimum atomic E-state index is -0.175. The number of hydrogen-bond acceptors (Lipinski definition) is 3. The van der Waals surface area contributed by atoms with Crippen molar-refractivity contribution in [1.29, 1.82) is 0 Å². The molecule has 0 bridgehead atoms. The third kappa shape index (κ3) is 3.67. The van der Waals surface area contributed by atoms with E-state index in [0.29, 0.717) is 6.54 Å². The van der Waals surface area contributed by atoms with Gasteiger partial charge in [-0.2, -0.15) is 0 Å². The lowest BCUT2D eigenvalue weighted by Gasteiger charge is -2.37. The number of hydrogen-bond donors (Lipinski definition) is 1. The summed E-state index contributed by atoms with van der Waals surface area (Å²) < 4.78 is 19.2. The number of morpholine rings is 1. The predicted molar refractivity (Wildman–Crippen MR) is 76.0 cm³/mol. The van der Waals surface area contributed by atoms with Gasteiger partial charge in [0.25, 0.3) is 0 Å². The minimum absolute atomic E-state index is 0.175. The van der Waals surface area contributed by atoms with Gasteiger partial charge in [0.15, 0.2) is 0 Å². The lowest BCUT2D eigenvalue weighted by molar-refractivity contribution is -0.00526. The number of benzene rings is 1. The summed E-state index contributed by atoms with van der Waals surface area (Å²) in [5.41, 5.74) is 2.13. The third-order valence-corrected chi connectivity index (χ3v) is 3.37. The first-order chi connectivity index (χ1) is 9.10. The van der Waals surface area contributed by atoms with Gasteiger partial charge in [0.2, 0.25) is 0 Å². The van der Waals surface area contributed by atoms with E-state index in [1.807, 2.05) is 6.07 Å². The van der Waals surface area contributed by atoms with Crippen molar-refractivity contribution in [3.63, 3.8) is 0 Å². The van der Waals surface area contributed by atoms with E-state index in [-0.39, 0.29) is 18.0 Å². The molecule has 1 aliphatic rings. The number of rotatable bonds is 4. The Labute approximate surface area is 114 Å². The van der Waals surface area contributed by atoms with Crippen molar-refractivity contribution in [1.82, 2.24) is 5.32 Å². The Balaban J connectivity index is 2.22. The van der Waals surface area contributed by atoms with Gasteiger partial charge in [-0.05, 0) is 44.2 Å². The molecule has 0 aromatic heterocycles. The van der Waals surface area contributed by atoms with Crippen LogP contribution in [0.2, 0.25) is 0 Å². The molecule has 1 fully saturated rings. The standard InChI is InChI=1S/C15H23FN2O/c1-4-17-8-13-7-14(16)5-6-15(13)18-9-11(2)19-12(3)10-18/h5-7,11-12,17H,4,8-10H2,1-3H3. The highest BCUT2D eigenvalue weighted by Crippen LogP contribution is 2.25. The van der Waals surface area contributed by atoms with Crippen LogP contribution in [-0.2, 0) is 11.3 Å². The van der Waals surface area contributed by atoms with Gasteiger partial charge in [0, 0.05) is 25.3 Å². The molecule has 2 atom stereocenters. The molecular weight excluding hydrogens is 243 g/mol. The summed E-state index contributed by atoms with van der Waals surface area (Å²) in [7, 11) is 0. The van der Waals surface area contributed by atoms with Crippen LogP contribution in [0, 0.1) is 5.82 Å². The Kier molecular flexibility index (Phi) is 4.77. The van der Waals surface area contributed by atoms with Crippen LogP contribution in [-0.4, -0.2) is 31.8 Å². The monoisotopic (exact) mass is 266 g/mol. The molecule has 1 aliphatic heterocycles. The van der Waals surface area contributed by atoms with Crippen LogP contribution in [0.1, 0.15) is 26.3 Å². The average molecular weight is 266 g/mol. The van der Waals surface area contributed by atoms with Crippen LogP contribution < -0.4 is 10.2 Å². The number of nitrogens with zero attached hydrogens (tertiary/aromatic N) is 1. The molecule has 1 N–H and O–H groups in total. The van der Waals surface area contributed by atoms with Crippen molar-refractivity contribution in [2.75, 3.05) is 24.5 Å². The molecule has 0 spiro atoms. The van der Waals surface area contributed by atoms with Crippen molar-refractivity contribution in [3.05, 3.63) is 29.6 Å². The fourth-order valence-corrected chi connectivity index (χ4v) is 2.64. The molecular formula is C15H23FN2O. The number of halogens is 1. The first kappa shape index (κ1) is 14.3. The van der Waals surface area contributed by atoms with Crippen molar-refractivity contribution in [2.24, 2.45) is 0 Å². The van der Waals surface area contributed by atoms with Crippen LogP contribution >= 0.6 is 0 Å². The van der Waals surface area contributed by atoms with E-state index >= 15 is 0 Å². The lowest BCUT2D eigenvalue weighted by atomic mass is 10.1. The van der Waals surface area contributed by atoms with Crippen molar-refractivity contribution < 1.29 is 9.13 Å². The zero-order chi connectivity index (χ0) is 13.8. The normalized spacial score (nSPS) is 23.7. The summed E-state index contributed by atoms with van der Waals surface area (Å²) in [4.78, 5) is 2.30. The van der Waals surface area contributed by atoms with Crippen LogP contribution in [0.4, 0.5) is 10.1 Å². The van der Waals surface area contributed by atoms with E-state index < -0.39 is 0 Å². The number of nitrogens with one attached hydrogen (secondary N) is 1. The zero-order valence-corrected chi connectivity index (χ0v) is 11.9. The predicted octanol–water partition coefficient (Wildman–Crippen LogP) is 2.55. The Bertz CT molecular complexity index is 415. The van der Waals surface area contributed by atoms with E-state index in [9.17, 15) is 4.39 Å². The van der Waals surface area contributed by atoms with Gasteiger partial charge in [-0.3, -0.25) is 0 Å². The zero-order valence-electron chi connectivity index (χ0n) is 11.9. The summed E-state index contributed by atoms with van der Waals surface area (Å²) in [6.07, 6.45) is 0.418. The second-order valence-electron chi connectivity index (χ2n) is 5.22. The topological polar surface area (TPSA) is 24.5 Å². The lowest BCUT2D eigenvalue weighted by Crippen LogP contribution is -2.46. The summed E-state index contributed by atoms with van der Waals surface area (Å²) in [6, 6.07) is 5.05. The summed E-state index contributed by atoms with van der Waals surface area (Å²) in [6.45, 7) is 9.50. The summed E-state index contributed by atoms with van der Waals surface area (Å²) >= 11 is 0. The van der Waals surface area contributed by atoms with Crippen molar-refractivity contribution >= 4 is 5.69 Å². The van der Waals surface area contributed by atoms with Crippen LogP contribution in [0.15, 0.2) is 18.2 Å². The second-order valence-corrected chi connectivity index (χ2v) is 5.22. The molecule has 3 nitrogen and oxygen atoms in total. The van der Waals surface area contributed by atoms with E-state index in [2.05, 4.69) is 31.0 Å². The molecule has 2 rings (SSSR count). The van der Waals surface area contributed by atoms with E-state index in [4.69, 9.17) is 4.74 Å². The number of ether oxygens (including phenoxy) is 1. The molecule has 4 heteroatoms. The van der Waals surface area contributed by atoms with Gasteiger partial charge in [-0.15, -0.1) is 0 Å². The SMILES string of the molecule is CCNCc1cc(F)ccc1N1CC(C)OC(C)C1. The maximum absolute atomic E-state index is 13.4. The van der Waals surface area contributed by atoms with Crippen molar-refractivity contribution in [2.45, 2.75) is 39.5 Å². The molecule has 1 aromatic rings. The molecule has 0 aliphatic carbocycles. The molecule has 19 heavy (non-hydrogen) atoms. The smallest absolute Gasteiger partial charge is 0.123 e. The van der Waals surface area contributed by atoms with E-state index in [1.54, 1.807) is 6.07 Å². The molecule has 0 saturated carbocycles. The fraction of sp³-hybridized carbons (Fsp3) is 0.600. The maximum Gasteiger partial charge on any atom is 0.123 e. The first-order valence-electron chi connectivity index (χ1n) is 6.99. The highest BCUT2D eigenvalue weighted by molar-refractivity contribution is 5.54. The molecule has 2 unspecified atom stereocenters. The quantitative estimate of drug-likeness (QED) is 0.906. The van der Waals surface area contributed by atoms with Gasteiger partial charge >= 0.3 is 0 Å². The molecule has 1 saturated heterocycles. The Hall–Kier alpha value is -1.13. The first-order valence-corrected chi connectivity index (χ1v) is 6.99. The van der Waals surface area contributed by atoms with Gasteiger partial charge in [-0.1, -0.05) is 6.92 Å². The van der Waals surface area contributed by atoms with Crippen molar-refractivity contribution in [3.8, 4) is 0 Å². The van der Waals surface area contributed by atoms with E-state index in [1.165, 1.54) is 6.07 Å². The third-order valence-electron chi connectivity index (χ3n) is 3.37. The Morgan fingerprint density at radius 3 is 2.63 bits per heavy atom. The van der Waals surface area contributed by atoms with Crippen LogP contribution in [0.5, 0.6) is 0 Å². The maximum atomic E-state index is 13.4. The Morgan fingerprint density at radius 1 is 1.32 bits per heavy atom. The largest absolute Gasteiger partial charge is 0.372 e. The Morgan fingerprint density at radius 2 is 2.00 bits per heavy atom. The minimum Gasteiger partial charge on any atom is -0.372 e. The average Bonchev–Trinajstić information content (AvgIpc) is 2.35. The van der Waals surface area contributed by atoms with Crippen LogP contribution in [0.25, 0.3) is 0 Å². The van der Waals surface area contributed by atoms with Gasteiger partial charge in [-0.25, -0.2) is 4.39 Å². The molecule has 0 radical (unpaired) electrons. The van der Waals surface area contributed by atoms with Crippen LogP contribution in [0.3, 0.4) is 0 Å².